The van der Waals surface area contributed by atoms with Gasteiger partial charge in [0.05, 0.1) is 30.8 Å². The molecule has 0 saturated heterocycles. The van der Waals surface area contributed by atoms with Crippen molar-refractivity contribution in [1.82, 2.24) is 0 Å². The number of hydrogen-bond acceptors (Lipinski definition) is 5. The van der Waals surface area contributed by atoms with Crippen molar-refractivity contribution in [2.75, 3.05) is 19.7 Å². The fraction of sp³-hybridized carbons (Fsp3) is 0.429. The summed E-state index contributed by atoms with van der Waals surface area (Å²) in [5.74, 6) is -1.20. The Balaban J connectivity index is 0.000000224. The van der Waals surface area contributed by atoms with Crippen LogP contribution in [0.4, 0.5) is 0 Å². The molecule has 0 amide bonds. The van der Waals surface area contributed by atoms with E-state index in [1.54, 1.807) is 20.8 Å². The molecule has 0 aliphatic carbocycles. The number of aliphatic imine (C=N–C) groups is 2. The van der Waals surface area contributed by atoms with Crippen LogP contribution in [-0.2, 0) is 14.3 Å². The van der Waals surface area contributed by atoms with Gasteiger partial charge in [-0.2, -0.15) is 0 Å². The van der Waals surface area contributed by atoms with E-state index in [2.05, 4.69) is 41.8 Å². The van der Waals surface area contributed by atoms with Crippen molar-refractivity contribution in [3.63, 3.8) is 0 Å². The Hall–Kier alpha value is -1.28. The van der Waals surface area contributed by atoms with E-state index in [4.69, 9.17) is 9.84 Å². The molecule has 2 heterocycles. The van der Waals surface area contributed by atoms with Gasteiger partial charge in [-0.3, -0.25) is 9.98 Å². The molecule has 6 nitrogen and oxygen atoms in total. The van der Waals surface area contributed by atoms with Gasteiger partial charge in [-0.25, -0.2) is 9.59 Å². The molecule has 0 atom stereocenters. The largest absolute Gasteiger partial charge is 0.478 e. The van der Waals surface area contributed by atoms with Crippen LogP contribution in [0.1, 0.15) is 20.8 Å². The van der Waals surface area contributed by atoms with E-state index in [0.29, 0.717) is 41.0 Å². The Morgan fingerprint density at radius 2 is 1.55 bits per heavy atom. The van der Waals surface area contributed by atoms with Crippen molar-refractivity contribution in [3.05, 3.63) is 20.1 Å². The normalized spacial score (nSPS) is 17.0. The molecule has 2 aliphatic rings. The van der Waals surface area contributed by atoms with Crippen molar-refractivity contribution < 1.29 is 19.4 Å². The van der Waals surface area contributed by atoms with E-state index in [1.807, 2.05) is 0 Å². The van der Waals surface area contributed by atoms with E-state index in [1.165, 1.54) is 0 Å². The Labute approximate surface area is 145 Å². The molecule has 0 saturated carbocycles. The Bertz CT molecular complexity index is 618. The lowest BCUT2D eigenvalue weighted by Crippen LogP contribution is -2.12. The number of carbonyl (C=O) groups excluding carboxylic acids is 1. The molecule has 2 rings (SSSR count). The maximum Gasteiger partial charge on any atom is 0.340 e. The number of aliphatic carboxylic acids is 1. The number of halogens is 2. The molecule has 8 heteroatoms. The molecular formula is C14H16Br2N2O4. The Kier molecular flexibility index (Phi) is 7.15. The highest BCUT2D eigenvalue weighted by atomic mass is 79.9. The minimum Gasteiger partial charge on any atom is -0.478 e. The monoisotopic (exact) mass is 434 g/mol. The lowest BCUT2D eigenvalue weighted by molar-refractivity contribution is -0.138. The lowest BCUT2D eigenvalue weighted by atomic mass is 10.2. The van der Waals surface area contributed by atoms with Crippen LogP contribution in [-0.4, -0.2) is 48.2 Å². The first-order chi connectivity index (χ1) is 10.3. The van der Waals surface area contributed by atoms with E-state index in [9.17, 15) is 9.59 Å². The molecule has 0 aromatic rings. The van der Waals surface area contributed by atoms with Crippen LogP contribution in [0, 0.1) is 0 Å². The zero-order valence-corrected chi connectivity index (χ0v) is 15.6. The number of carboxylic acid groups (broad SMARTS) is 1. The van der Waals surface area contributed by atoms with Crippen LogP contribution in [0.2, 0.25) is 0 Å². The fourth-order valence-corrected chi connectivity index (χ4v) is 2.97. The van der Waals surface area contributed by atoms with E-state index in [-0.39, 0.29) is 5.97 Å². The van der Waals surface area contributed by atoms with Gasteiger partial charge in [-0.1, -0.05) is 31.9 Å². The summed E-state index contributed by atoms with van der Waals surface area (Å²) in [5.41, 5.74) is 2.23. The second-order valence-electron chi connectivity index (χ2n) is 4.39. The Morgan fingerprint density at radius 1 is 1.09 bits per heavy atom. The van der Waals surface area contributed by atoms with Crippen LogP contribution in [0.15, 0.2) is 30.1 Å². The van der Waals surface area contributed by atoms with Crippen molar-refractivity contribution in [2.24, 2.45) is 9.98 Å². The molecule has 0 radical (unpaired) electrons. The van der Waals surface area contributed by atoms with Gasteiger partial charge >= 0.3 is 11.9 Å². The fourth-order valence-electron chi connectivity index (χ4n) is 1.82. The van der Waals surface area contributed by atoms with E-state index in [0.717, 1.165) is 10.2 Å². The molecule has 2 aliphatic heterocycles. The maximum atomic E-state index is 11.3. The quantitative estimate of drug-likeness (QED) is 0.690. The summed E-state index contributed by atoms with van der Waals surface area (Å²) < 4.78 is 6.34. The highest BCUT2D eigenvalue weighted by molar-refractivity contribution is 9.12. The van der Waals surface area contributed by atoms with Crippen LogP contribution < -0.4 is 0 Å². The first kappa shape index (κ1) is 18.8. The van der Waals surface area contributed by atoms with Crippen molar-refractivity contribution in [2.45, 2.75) is 20.8 Å². The van der Waals surface area contributed by atoms with Gasteiger partial charge in [0.25, 0.3) is 0 Å². The number of carbonyl (C=O) groups is 2. The maximum absolute atomic E-state index is 11.3. The minimum absolute atomic E-state index is 0.289. The number of ether oxygens (including phenoxy) is 1. The molecular weight excluding hydrogens is 420 g/mol. The molecule has 0 spiro atoms. The Morgan fingerprint density at radius 3 is 1.82 bits per heavy atom. The second kappa shape index (κ2) is 8.38. The van der Waals surface area contributed by atoms with Crippen LogP contribution in [0.25, 0.3) is 0 Å². The van der Waals surface area contributed by atoms with Gasteiger partial charge in [-0.15, -0.1) is 0 Å². The lowest BCUT2D eigenvalue weighted by Gasteiger charge is -2.02. The van der Waals surface area contributed by atoms with Crippen LogP contribution in [0.3, 0.4) is 0 Å². The molecule has 22 heavy (non-hydrogen) atoms. The molecule has 0 unspecified atom stereocenters. The highest BCUT2D eigenvalue weighted by Gasteiger charge is 2.22. The third-order valence-electron chi connectivity index (χ3n) is 2.87. The summed E-state index contributed by atoms with van der Waals surface area (Å²) in [6, 6.07) is 0. The van der Waals surface area contributed by atoms with Crippen molar-refractivity contribution in [3.8, 4) is 0 Å². The van der Waals surface area contributed by atoms with Gasteiger partial charge in [0.15, 0.2) is 0 Å². The van der Waals surface area contributed by atoms with Crippen LogP contribution >= 0.6 is 31.9 Å². The summed E-state index contributed by atoms with van der Waals surface area (Å²) >= 11 is 6.41. The first-order valence-electron chi connectivity index (χ1n) is 6.50. The smallest absolute Gasteiger partial charge is 0.340 e. The summed E-state index contributed by atoms with van der Waals surface area (Å²) in [6.07, 6.45) is 0. The zero-order chi connectivity index (χ0) is 16.9. The standard InChI is InChI=1S/C8H10BrNO2.C6H6BrNO2/c1-3-12-8(11)7-5(2)10-4-6(7)9;1-3-5(6(9)10)4(7)2-8-3/h3-4H2,1-2H3;2H2,1H3,(H,9,10). The molecule has 0 aromatic heterocycles. The predicted octanol–water partition coefficient (Wildman–Crippen LogP) is 2.87. The minimum atomic E-state index is -0.911. The van der Waals surface area contributed by atoms with Crippen LogP contribution in [0.5, 0.6) is 0 Å². The second-order valence-corrected chi connectivity index (χ2v) is 6.30. The van der Waals surface area contributed by atoms with E-state index < -0.39 is 5.97 Å². The molecule has 0 aromatic carbocycles. The summed E-state index contributed by atoms with van der Waals surface area (Å²) in [6.45, 7) is 6.70. The topological polar surface area (TPSA) is 88.3 Å². The average Bonchev–Trinajstić information content (AvgIpc) is 2.93. The van der Waals surface area contributed by atoms with Gasteiger partial charge in [0.2, 0.25) is 0 Å². The third-order valence-corrected chi connectivity index (χ3v) is 4.16. The highest BCUT2D eigenvalue weighted by Crippen LogP contribution is 2.21. The zero-order valence-electron chi connectivity index (χ0n) is 12.4. The van der Waals surface area contributed by atoms with E-state index >= 15 is 0 Å². The summed E-state index contributed by atoms with van der Waals surface area (Å²) in [4.78, 5) is 29.8. The number of carboxylic acids is 1. The van der Waals surface area contributed by atoms with Crippen molar-refractivity contribution in [1.29, 1.82) is 0 Å². The molecule has 0 fully saturated rings. The molecule has 1 N–H and O–H groups in total. The van der Waals surface area contributed by atoms with Gasteiger partial charge < -0.3 is 9.84 Å². The van der Waals surface area contributed by atoms with Gasteiger partial charge in [0.1, 0.15) is 0 Å². The number of esters is 1. The SMILES string of the molecule is CC1=NCC(Br)=C1C(=O)O.CCOC(=O)C1=C(Br)CN=C1C. The summed E-state index contributed by atoms with van der Waals surface area (Å²) in [5, 5.41) is 8.59. The van der Waals surface area contributed by atoms with Gasteiger partial charge in [-0.05, 0) is 20.8 Å². The number of rotatable bonds is 3. The summed E-state index contributed by atoms with van der Waals surface area (Å²) in [7, 11) is 0. The average molecular weight is 436 g/mol. The molecule has 120 valence electrons. The third kappa shape index (κ3) is 4.61. The number of nitrogens with zero attached hydrogens (tertiary/aromatic N) is 2. The predicted molar refractivity (Wildman–Crippen MR) is 92.1 cm³/mol. The molecule has 0 bridgehead atoms. The van der Waals surface area contributed by atoms with Crippen molar-refractivity contribution >= 4 is 55.2 Å². The number of hydrogen-bond donors (Lipinski definition) is 1. The first-order valence-corrected chi connectivity index (χ1v) is 8.08. The van der Waals surface area contributed by atoms with Gasteiger partial charge in [0, 0.05) is 20.4 Å².